The lowest BCUT2D eigenvalue weighted by Gasteiger charge is -2.58. The highest BCUT2D eigenvalue weighted by atomic mass is 16.6. The zero-order valence-electron chi connectivity index (χ0n) is 15.7. The first-order valence-corrected chi connectivity index (χ1v) is 9.14. The van der Waals surface area contributed by atoms with Crippen molar-refractivity contribution in [1.82, 2.24) is 4.90 Å². The van der Waals surface area contributed by atoms with Gasteiger partial charge in [-0.05, 0) is 33.9 Å². The molecule has 2 aliphatic carbocycles. The van der Waals surface area contributed by atoms with Gasteiger partial charge in [0.05, 0.1) is 24.9 Å². The summed E-state index contributed by atoms with van der Waals surface area (Å²) in [6.07, 6.45) is 2.93. The van der Waals surface area contributed by atoms with Gasteiger partial charge in [0.15, 0.2) is 0 Å². The Morgan fingerprint density at radius 3 is 2.72 bits per heavy atom. The van der Waals surface area contributed by atoms with Crippen molar-refractivity contribution in [2.45, 2.75) is 63.6 Å². The zero-order chi connectivity index (χ0) is 18.2. The van der Waals surface area contributed by atoms with Crippen LogP contribution in [-0.2, 0) is 19.0 Å². The van der Waals surface area contributed by atoms with Crippen LogP contribution in [0, 0.1) is 10.8 Å². The third kappa shape index (κ3) is 1.97. The summed E-state index contributed by atoms with van der Waals surface area (Å²) in [5.74, 6) is -0.299. The molecule has 1 spiro atoms. The molecule has 25 heavy (non-hydrogen) atoms. The van der Waals surface area contributed by atoms with Gasteiger partial charge >= 0.3 is 5.97 Å². The van der Waals surface area contributed by atoms with Crippen molar-refractivity contribution in [2.24, 2.45) is 10.8 Å². The number of hydrogen-bond acceptors (Lipinski definition) is 6. The standard InChI is InChI=1S/C19H29NO5/c1-11-6-7-18(9-23-12(2)21)13(8-11)25-16-14(20(4)5)15(22)17(18,3)19(16)10-24-19/h8,13-16,22H,6-7,9-10H2,1-5H3/t13-,14-,15+,16-,17-,18+,19-/m0/s1. The number of aliphatic hydroxyl groups is 1. The highest BCUT2D eigenvalue weighted by Crippen LogP contribution is 2.71. The Morgan fingerprint density at radius 2 is 2.16 bits per heavy atom. The van der Waals surface area contributed by atoms with E-state index in [1.807, 2.05) is 19.0 Å². The average molecular weight is 351 g/mol. The van der Waals surface area contributed by atoms with E-state index in [1.165, 1.54) is 12.5 Å². The lowest BCUT2D eigenvalue weighted by atomic mass is 9.51. The maximum absolute atomic E-state index is 11.6. The van der Waals surface area contributed by atoms with Gasteiger partial charge in [0.1, 0.15) is 18.3 Å². The normalized spacial score (nSPS) is 50.6. The third-order valence-electron chi connectivity index (χ3n) is 7.42. The number of aliphatic hydroxyl groups excluding tert-OH is 1. The molecule has 0 unspecified atom stereocenters. The van der Waals surface area contributed by atoms with Gasteiger partial charge in [-0.2, -0.15) is 0 Å². The molecule has 2 saturated heterocycles. The molecule has 2 aliphatic heterocycles. The number of allylic oxidation sites excluding steroid dienone is 1. The lowest BCUT2D eigenvalue weighted by Crippen LogP contribution is -2.66. The molecular formula is C19H29NO5. The summed E-state index contributed by atoms with van der Waals surface area (Å²) in [7, 11) is 3.95. The number of epoxide rings is 1. The Balaban J connectivity index is 1.85. The van der Waals surface area contributed by atoms with Crippen molar-refractivity contribution in [2.75, 3.05) is 27.3 Å². The van der Waals surface area contributed by atoms with Crippen LogP contribution in [-0.4, -0.2) is 73.2 Å². The van der Waals surface area contributed by atoms with E-state index in [1.54, 1.807) is 0 Å². The van der Waals surface area contributed by atoms with E-state index in [9.17, 15) is 9.90 Å². The van der Waals surface area contributed by atoms with Crippen molar-refractivity contribution >= 4 is 5.97 Å². The number of nitrogens with zero attached hydrogens (tertiary/aromatic N) is 1. The summed E-state index contributed by atoms with van der Waals surface area (Å²) in [6.45, 7) is 6.51. The molecule has 140 valence electrons. The second kappa shape index (κ2) is 5.28. The largest absolute Gasteiger partial charge is 0.465 e. The Bertz CT molecular complexity index is 627. The number of rotatable bonds is 3. The Hall–Kier alpha value is -0.950. The summed E-state index contributed by atoms with van der Waals surface area (Å²) >= 11 is 0. The van der Waals surface area contributed by atoms with Gasteiger partial charge in [0.2, 0.25) is 0 Å². The van der Waals surface area contributed by atoms with Crippen LogP contribution < -0.4 is 0 Å². The number of carbonyl (C=O) groups excluding carboxylic acids is 1. The SMILES string of the molecule is CC(=O)OC[C@]12CCC(C)=C[C@@H]1O[C@H]1[C@@H](N(C)C)[C@@H](O)[C@]2(C)[C@]12CO2. The number of carbonyl (C=O) groups is 1. The molecule has 6 nitrogen and oxygen atoms in total. The van der Waals surface area contributed by atoms with Gasteiger partial charge in [-0.15, -0.1) is 0 Å². The monoisotopic (exact) mass is 351 g/mol. The molecule has 4 rings (SSSR count). The van der Waals surface area contributed by atoms with Crippen molar-refractivity contribution in [3.8, 4) is 0 Å². The second-order valence-electron chi connectivity index (χ2n) is 8.71. The minimum Gasteiger partial charge on any atom is -0.465 e. The van der Waals surface area contributed by atoms with E-state index in [4.69, 9.17) is 14.2 Å². The maximum atomic E-state index is 11.6. The lowest BCUT2D eigenvalue weighted by molar-refractivity contribution is -0.230. The molecule has 0 amide bonds. The molecule has 1 saturated carbocycles. The van der Waals surface area contributed by atoms with Crippen LogP contribution in [0.15, 0.2) is 11.6 Å². The fourth-order valence-corrected chi connectivity index (χ4v) is 5.81. The van der Waals surface area contributed by atoms with Crippen molar-refractivity contribution in [1.29, 1.82) is 0 Å². The van der Waals surface area contributed by atoms with Crippen LogP contribution in [0.1, 0.15) is 33.6 Å². The van der Waals surface area contributed by atoms with Gasteiger partial charge in [-0.1, -0.05) is 18.6 Å². The molecule has 2 heterocycles. The summed E-state index contributed by atoms with van der Waals surface area (Å²) in [5.41, 5.74) is -0.211. The molecule has 0 radical (unpaired) electrons. The van der Waals surface area contributed by atoms with Crippen LogP contribution in [0.4, 0.5) is 0 Å². The number of likely N-dealkylation sites (N-methyl/N-ethyl adjacent to an activating group) is 1. The quantitative estimate of drug-likeness (QED) is 0.467. The first kappa shape index (κ1) is 17.5. The molecule has 1 N–H and O–H groups in total. The van der Waals surface area contributed by atoms with E-state index < -0.39 is 22.5 Å². The highest BCUT2D eigenvalue weighted by molar-refractivity contribution is 5.66. The second-order valence-corrected chi connectivity index (χ2v) is 8.71. The summed E-state index contributed by atoms with van der Waals surface area (Å²) in [5, 5.41) is 11.4. The minimum atomic E-state index is -0.609. The minimum absolute atomic E-state index is 0.138. The molecule has 4 aliphatic rings. The van der Waals surface area contributed by atoms with Crippen LogP contribution in [0.2, 0.25) is 0 Å². The van der Waals surface area contributed by atoms with E-state index in [-0.39, 0.29) is 30.8 Å². The molecule has 0 aromatic rings. The van der Waals surface area contributed by atoms with Crippen molar-refractivity contribution in [3.05, 3.63) is 11.6 Å². The van der Waals surface area contributed by atoms with Crippen LogP contribution >= 0.6 is 0 Å². The Labute approximate surface area is 149 Å². The maximum Gasteiger partial charge on any atom is 0.302 e. The number of ether oxygens (including phenoxy) is 3. The Kier molecular flexibility index (Phi) is 3.69. The van der Waals surface area contributed by atoms with Crippen LogP contribution in [0.5, 0.6) is 0 Å². The molecule has 0 aromatic heterocycles. The molecule has 3 fully saturated rings. The third-order valence-corrected chi connectivity index (χ3v) is 7.42. The van der Waals surface area contributed by atoms with Gasteiger partial charge in [0, 0.05) is 17.8 Å². The summed E-state index contributed by atoms with van der Waals surface area (Å²) < 4.78 is 18.1. The predicted molar refractivity (Wildman–Crippen MR) is 91.0 cm³/mol. The fraction of sp³-hybridized carbons (Fsp3) is 0.842. The fourth-order valence-electron chi connectivity index (χ4n) is 5.81. The van der Waals surface area contributed by atoms with E-state index >= 15 is 0 Å². The van der Waals surface area contributed by atoms with Gasteiger partial charge < -0.3 is 24.2 Å². The van der Waals surface area contributed by atoms with Crippen molar-refractivity contribution in [3.63, 3.8) is 0 Å². The first-order valence-electron chi connectivity index (χ1n) is 9.14. The molecule has 2 bridgehead atoms. The van der Waals surface area contributed by atoms with Crippen molar-refractivity contribution < 1.29 is 24.1 Å². The smallest absolute Gasteiger partial charge is 0.302 e. The van der Waals surface area contributed by atoms with Gasteiger partial charge in [-0.3, -0.25) is 4.79 Å². The number of fused-ring (bicyclic) bond motifs is 2. The van der Waals surface area contributed by atoms with Crippen LogP contribution in [0.3, 0.4) is 0 Å². The van der Waals surface area contributed by atoms with E-state index in [2.05, 4.69) is 19.9 Å². The Morgan fingerprint density at radius 1 is 1.48 bits per heavy atom. The highest BCUT2D eigenvalue weighted by Gasteiger charge is 2.84. The van der Waals surface area contributed by atoms with Gasteiger partial charge in [-0.25, -0.2) is 0 Å². The van der Waals surface area contributed by atoms with E-state index in [0.717, 1.165) is 12.8 Å². The zero-order valence-corrected chi connectivity index (χ0v) is 15.7. The van der Waals surface area contributed by atoms with Crippen LogP contribution in [0.25, 0.3) is 0 Å². The topological polar surface area (TPSA) is 71.5 Å². The first-order chi connectivity index (χ1) is 11.7. The number of hydrogen-bond donors (Lipinski definition) is 1. The molecule has 0 aromatic carbocycles. The summed E-state index contributed by atoms with van der Waals surface area (Å²) in [4.78, 5) is 13.6. The van der Waals surface area contributed by atoms with E-state index in [0.29, 0.717) is 6.61 Å². The predicted octanol–water partition coefficient (Wildman–Crippen LogP) is 1.12. The number of esters is 1. The molecule has 7 atom stereocenters. The molecular weight excluding hydrogens is 322 g/mol. The van der Waals surface area contributed by atoms with Gasteiger partial charge in [0.25, 0.3) is 0 Å². The average Bonchev–Trinajstić information content (AvgIpc) is 3.30. The molecule has 6 heteroatoms. The summed E-state index contributed by atoms with van der Waals surface area (Å²) in [6, 6.07) is -0.138.